The Balaban J connectivity index is 0.00000162. The highest BCUT2D eigenvalue weighted by molar-refractivity contribution is 14.0. The fourth-order valence-corrected chi connectivity index (χ4v) is 1.79. The molecule has 1 aliphatic rings. The maximum Gasteiger partial charge on any atom is 0.194 e. The van der Waals surface area contributed by atoms with Crippen molar-refractivity contribution in [2.75, 3.05) is 25.1 Å². The maximum absolute atomic E-state index is 5.76. The molecule has 1 saturated heterocycles. The third-order valence-electron chi connectivity index (χ3n) is 2.76. The lowest BCUT2D eigenvalue weighted by molar-refractivity contribution is 0.184. The van der Waals surface area contributed by atoms with Gasteiger partial charge in [-0.1, -0.05) is 6.07 Å². The van der Waals surface area contributed by atoms with Gasteiger partial charge in [0.25, 0.3) is 0 Å². The number of aromatic nitrogens is 1. The fraction of sp³-hybridized carbons (Fsp3) is 0.500. The second-order valence-corrected chi connectivity index (χ2v) is 4.13. The van der Waals surface area contributed by atoms with Gasteiger partial charge in [-0.25, -0.2) is 4.98 Å². The van der Waals surface area contributed by atoms with Crippen molar-refractivity contribution in [3.8, 4) is 0 Å². The van der Waals surface area contributed by atoms with Crippen molar-refractivity contribution in [3.05, 3.63) is 24.4 Å². The predicted molar refractivity (Wildman–Crippen MR) is 83.3 cm³/mol. The van der Waals surface area contributed by atoms with Crippen molar-refractivity contribution in [2.24, 2.45) is 16.6 Å². The molecule has 1 atom stereocenters. The first-order valence-corrected chi connectivity index (χ1v) is 5.90. The molecule has 0 saturated carbocycles. The first-order chi connectivity index (χ1) is 8.34. The minimum atomic E-state index is 0. The quantitative estimate of drug-likeness (QED) is 0.487. The number of pyridine rings is 1. The number of ether oxygens (including phenoxy) is 1. The summed E-state index contributed by atoms with van der Waals surface area (Å²) in [6.07, 6.45) is 3.89. The van der Waals surface area contributed by atoms with Gasteiger partial charge < -0.3 is 15.8 Å². The molecule has 0 radical (unpaired) electrons. The molecule has 3 N–H and O–H groups in total. The molecule has 100 valence electrons. The first kappa shape index (κ1) is 15.2. The van der Waals surface area contributed by atoms with Crippen LogP contribution in [0.3, 0.4) is 0 Å². The van der Waals surface area contributed by atoms with Crippen LogP contribution in [-0.4, -0.2) is 30.7 Å². The summed E-state index contributed by atoms with van der Waals surface area (Å²) in [4.78, 5) is 8.38. The van der Waals surface area contributed by atoms with Gasteiger partial charge in [0, 0.05) is 26.0 Å². The molecule has 5 nitrogen and oxygen atoms in total. The average molecular weight is 362 g/mol. The van der Waals surface area contributed by atoms with Gasteiger partial charge in [-0.15, -0.1) is 24.0 Å². The molecule has 1 fully saturated rings. The summed E-state index contributed by atoms with van der Waals surface area (Å²) in [5, 5.41) is 2.95. The Bertz CT molecular complexity index is 366. The van der Waals surface area contributed by atoms with E-state index in [0.717, 1.165) is 38.4 Å². The zero-order chi connectivity index (χ0) is 11.9. The molecular weight excluding hydrogens is 343 g/mol. The summed E-state index contributed by atoms with van der Waals surface area (Å²) in [5.74, 6) is 1.78. The summed E-state index contributed by atoms with van der Waals surface area (Å²) in [7, 11) is 0. The normalized spacial score (nSPS) is 19.3. The van der Waals surface area contributed by atoms with Crippen molar-refractivity contribution < 1.29 is 4.74 Å². The molecule has 1 aromatic rings. The van der Waals surface area contributed by atoms with E-state index < -0.39 is 0 Å². The number of nitrogens with two attached hydrogens (primary N) is 1. The molecule has 1 unspecified atom stereocenters. The minimum absolute atomic E-state index is 0. The molecule has 2 heterocycles. The summed E-state index contributed by atoms with van der Waals surface area (Å²) < 4.78 is 5.30. The van der Waals surface area contributed by atoms with Gasteiger partial charge in [0.1, 0.15) is 5.82 Å². The Kier molecular flexibility index (Phi) is 6.96. The van der Waals surface area contributed by atoms with Crippen molar-refractivity contribution in [3.63, 3.8) is 0 Å². The second-order valence-electron chi connectivity index (χ2n) is 4.13. The van der Waals surface area contributed by atoms with Gasteiger partial charge in [0.2, 0.25) is 0 Å². The van der Waals surface area contributed by atoms with Gasteiger partial charge >= 0.3 is 0 Å². The van der Waals surface area contributed by atoms with Crippen LogP contribution in [0.5, 0.6) is 0 Å². The Morgan fingerprint density at radius 2 is 2.44 bits per heavy atom. The lowest BCUT2D eigenvalue weighted by atomic mass is 10.1. The van der Waals surface area contributed by atoms with Gasteiger partial charge in [-0.3, -0.25) is 4.99 Å². The van der Waals surface area contributed by atoms with Gasteiger partial charge in [-0.05, 0) is 30.9 Å². The number of rotatable bonds is 4. The van der Waals surface area contributed by atoms with E-state index in [9.17, 15) is 0 Å². The largest absolute Gasteiger partial charge is 0.381 e. The van der Waals surface area contributed by atoms with Crippen molar-refractivity contribution in [2.45, 2.75) is 12.8 Å². The summed E-state index contributed by atoms with van der Waals surface area (Å²) in [5.41, 5.74) is 5.76. The number of aliphatic imine (C=N–C) groups is 1. The number of anilines is 1. The molecular formula is C12H19IN4O. The van der Waals surface area contributed by atoms with Crippen LogP contribution in [0.4, 0.5) is 5.82 Å². The summed E-state index contributed by atoms with van der Waals surface area (Å²) in [6.45, 7) is 2.48. The molecule has 1 aromatic heterocycles. The summed E-state index contributed by atoms with van der Waals surface area (Å²) in [6, 6.07) is 5.62. The number of halogens is 1. The number of nitrogens with one attached hydrogen (secondary N) is 1. The zero-order valence-corrected chi connectivity index (χ0v) is 12.5. The van der Waals surface area contributed by atoms with E-state index in [2.05, 4.69) is 15.3 Å². The van der Waals surface area contributed by atoms with Crippen LogP contribution in [0.1, 0.15) is 12.8 Å². The average Bonchev–Trinajstić information content (AvgIpc) is 2.83. The molecule has 0 aromatic carbocycles. The first-order valence-electron chi connectivity index (χ1n) is 5.90. The number of hydrogen-bond acceptors (Lipinski definition) is 3. The number of hydrogen-bond donors (Lipinski definition) is 2. The molecule has 0 amide bonds. The lowest BCUT2D eigenvalue weighted by Gasteiger charge is -2.06. The SMILES string of the molecule is I.NC(=NCCC1CCOC1)Nc1ccccn1. The molecule has 6 heteroatoms. The lowest BCUT2D eigenvalue weighted by Crippen LogP contribution is -2.23. The smallest absolute Gasteiger partial charge is 0.194 e. The van der Waals surface area contributed by atoms with Crippen LogP contribution in [0.25, 0.3) is 0 Å². The second kappa shape index (κ2) is 8.25. The van der Waals surface area contributed by atoms with Crippen LogP contribution < -0.4 is 11.1 Å². The van der Waals surface area contributed by atoms with Gasteiger partial charge in [0.05, 0.1) is 0 Å². The highest BCUT2D eigenvalue weighted by Crippen LogP contribution is 2.15. The Labute approximate surface area is 124 Å². The highest BCUT2D eigenvalue weighted by Gasteiger charge is 2.14. The van der Waals surface area contributed by atoms with Gasteiger partial charge in [-0.2, -0.15) is 0 Å². The third-order valence-corrected chi connectivity index (χ3v) is 2.76. The molecule has 0 spiro atoms. The van der Waals surface area contributed by atoms with E-state index in [1.165, 1.54) is 0 Å². The van der Waals surface area contributed by atoms with E-state index >= 15 is 0 Å². The fourth-order valence-electron chi connectivity index (χ4n) is 1.79. The van der Waals surface area contributed by atoms with Crippen LogP contribution >= 0.6 is 24.0 Å². The number of nitrogens with zero attached hydrogens (tertiary/aromatic N) is 2. The monoisotopic (exact) mass is 362 g/mol. The Hall–Kier alpha value is -0.890. The van der Waals surface area contributed by atoms with Crippen molar-refractivity contribution >= 4 is 35.8 Å². The Morgan fingerprint density at radius 3 is 3.11 bits per heavy atom. The maximum atomic E-state index is 5.76. The Morgan fingerprint density at radius 1 is 1.56 bits per heavy atom. The van der Waals surface area contributed by atoms with Crippen molar-refractivity contribution in [1.82, 2.24) is 4.98 Å². The molecule has 18 heavy (non-hydrogen) atoms. The van der Waals surface area contributed by atoms with Crippen LogP contribution in [-0.2, 0) is 4.74 Å². The van der Waals surface area contributed by atoms with E-state index in [0.29, 0.717) is 11.9 Å². The van der Waals surface area contributed by atoms with Gasteiger partial charge in [0.15, 0.2) is 5.96 Å². The van der Waals surface area contributed by atoms with E-state index in [4.69, 9.17) is 10.5 Å². The van der Waals surface area contributed by atoms with E-state index in [1.54, 1.807) is 6.20 Å². The predicted octanol–water partition coefficient (Wildman–Crippen LogP) is 1.85. The molecule has 2 rings (SSSR count). The standard InChI is InChI=1S/C12H18N4O.HI/c13-12(16-11-3-1-2-6-14-11)15-7-4-10-5-8-17-9-10;/h1-3,6,10H,4-5,7-9H2,(H3,13,14,15,16);1H. The van der Waals surface area contributed by atoms with Crippen molar-refractivity contribution in [1.29, 1.82) is 0 Å². The van der Waals surface area contributed by atoms with E-state index in [1.807, 2.05) is 18.2 Å². The summed E-state index contributed by atoms with van der Waals surface area (Å²) >= 11 is 0. The zero-order valence-electron chi connectivity index (χ0n) is 10.2. The molecule has 0 bridgehead atoms. The molecule has 0 aliphatic carbocycles. The van der Waals surface area contributed by atoms with Crippen LogP contribution in [0, 0.1) is 5.92 Å². The highest BCUT2D eigenvalue weighted by atomic mass is 127. The topological polar surface area (TPSA) is 72.5 Å². The number of guanidine groups is 1. The third kappa shape index (κ3) is 5.18. The van der Waals surface area contributed by atoms with E-state index in [-0.39, 0.29) is 24.0 Å². The van der Waals surface area contributed by atoms with Crippen LogP contribution in [0.2, 0.25) is 0 Å². The molecule has 1 aliphatic heterocycles. The van der Waals surface area contributed by atoms with Crippen LogP contribution in [0.15, 0.2) is 29.4 Å². The minimum Gasteiger partial charge on any atom is -0.381 e.